The van der Waals surface area contributed by atoms with Crippen LogP contribution in [0.25, 0.3) is 0 Å². The van der Waals surface area contributed by atoms with E-state index < -0.39 is 54.9 Å². The van der Waals surface area contributed by atoms with Crippen LogP contribution in [0.4, 0.5) is 0 Å². The number of phenolic OH excluding ortho intramolecular Hbond substituents is 3. The largest absolute Gasteiger partial charge is 0.508 e. The quantitative estimate of drug-likeness (QED) is 0.300. The Morgan fingerprint density at radius 3 is 2.41 bits per heavy atom. The second-order valence-electron chi connectivity index (χ2n) is 8.42. The average molecular weight is 478 g/mol. The molecule has 184 valence electrons. The number of aliphatic hydroxyl groups excluding tert-OH is 4. The highest BCUT2D eigenvalue weighted by Gasteiger charge is 2.45. The summed E-state index contributed by atoms with van der Waals surface area (Å²) in [6, 6.07) is 3.82. The van der Waals surface area contributed by atoms with Crippen molar-refractivity contribution in [3.05, 3.63) is 40.5 Å². The fraction of sp³-hybridized carbons (Fsp3) is 0.435. The molecular weight excluding hydrogens is 452 g/mol. The van der Waals surface area contributed by atoms with E-state index in [0.29, 0.717) is 0 Å². The number of hydrogen-bond acceptors (Lipinski definition) is 11. The third-order valence-electron chi connectivity index (χ3n) is 6.19. The van der Waals surface area contributed by atoms with E-state index in [9.17, 15) is 40.5 Å². The highest BCUT2D eigenvalue weighted by Crippen LogP contribution is 2.49. The molecule has 2 aliphatic heterocycles. The molecule has 0 unspecified atom stereocenters. The SMILES string of the molecule is Cc1c(O)c2c(c(C)c1O[C@@H]1O[C@H](CO)[C@@H](O)[C@H](O)[C@H]1O)O[C@H](c1cc(O)ccc1O)CC2=O. The third-order valence-corrected chi connectivity index (χ3v) is 6.19. The number of rotatable bonds is 4. The number of carbonyl (C=O) groups is 1. The van der Waals surface area contributed by atoms with Gasteiger partial charge in [0.2, 0.25) is 6.29 Å². The second kappa shape index (κ2) is 8.93. The van der Waals surface area contributed by atoms with Crippen LogP contribution < -0.4 is 9.47 Å². The van der Waals surface area contributed by atoms with Crippen molar-refractivity contribution in [2.45, 2.75) is 57.1 Å². The Morgan fingerprint density at radius 1 is 1.03 bits per heavy atom. The van der Waals surface area contributed by atoms with Crippen molar-refractivity contribution in [2.75, 3.05) is 6.61 Å². The van der Waals surface area contributed by atoms with Gasteiger partial charge in [0, 0.05) is 16.7 Å². The van der Waals surface area contributed by atoms with Crippen LogP contribution in [0.3, 0.4) is 0 Å². The first-order valence-electron chi connectivity index (χ1n) is 10.6. The number of ether oxygens (including phenoxy) is 3. The van der Waals surface area contributed by atoms with Crippen LogP contribution >= 0.6 is 0 Å². The number of ketones is 1. The van der Waals surface area contributed by atoms with Crippen molar-refractivity contribution in [2.24, 2.45) is 0 Å². The zero-order valence-electron chi connectivity index (χ0n) is 18.4. The van der Waals surface area contributed by atoms with Gasteiger partial charge in [-0.3, -0.25) is 4.79 Å². The summed E-state index contributed by atoms with van der Waals surface area (Å²) in [6.07, 6.45) is -8.82. The second-order valence-corrected chi connectivity index (χ2v) is 8.42. The number of benzene rings is 2. The predicted octanol–water partition coefficient (Wildman–Crippen LogP) is 0.305. The molecule has 0 spiro atoms. The lowest BCUT2D eigenvalue weighted by molar-refractivity contribution is -0.277. The van der Waals surface area contributed by atoms with E-state index in [4.69, 9.17) is 14.2 Å². The lowest BCUT2D eigenvalue weighted by Gasteiger charge is -2.40. The Labute approximate surface area is 194 Å². The van der Waals surface area contributed by atoms with Crippen LogP contribution in [0, 0.1) is 13.8 Å². The van der Waals surface area contributed by atoms with Gasteiger partial charge in [-0.05, 0) is 32.0 Å². The number of aliphatic hydroxyl groups is 4. The first-order chi connectivity index (χ1) is 16.0. The van der Waals surface area contributed by atoms with Gasteiger partial charge < -0.3 is 50.0 Å². The molecule has 7 N–H and O–H groups in total. The molecule has 1 fully saturated rings. The zero-order chi connectivity index (χ0) is 24.9. The van der Waals surface area contributed by atoms with E-state index in [-0.39, 0.29) is 51.7 Å². The molecule has 2 aromatic rings. The van der Waals surface area contributed by atoms with Crippen molar-refractivity contribution in [1.82, 2.24) is 0 Å². The topological polar surface area (TPSA) is 186 Å². The summed E-state index contributed by atoms with van der Waals surface area (Å²) in [6.45, 7) is 2.37. The fourth-order valence-electron chi connectivity index (χ4n) is 4.27. The first-order valence-corrected chi connectivity index (χ1v) is 10.6. The molecule has 0 radical (unpaired) electrons. The van der Waals surface area contributed by atoms with Crippen LogP contribution in [0.15, 0.2) is 18.2 Å². The van der Waals surface area contributed by atoms with Crippen molar-refractivity contribution in [3.8, 4) is 28.7 Å². The molecule has 11 nitrogen and oxygen atoms in total. The minimum absolute atomic E-state index is 0.00541. The van der Waals surface area contributed by atoms with Crippen molar-refractivity contribution >= 4 is 5.78 Å². The summed E-state index contributed by atoms with van der Waals surface area (Å²) in [5, 5.41) is 70.5. The summed E-state index contributed by atoms with van der Waals surface area (Å²) in [5.41, 5.74) is 0.505. The molecule has 2 aliphatic rings. The number of phenols is 3. The van der Waals surface area contributed by atoms with E-state index in [0.717, 1.165) is 0 Å². The van der Waals surface area contributed by atoms with E-state index in [1.54, 1.807) is 6.92 Å². The highest BCUT2D eigenvalue weighted by molar-refractivity contribution is 6.04. The maximum absolute atomic E-state index is 12.9. The van der Waals surface area contributed by atoms with Gasteiger partial charge in [0.05, 0.1) is 13.0 Å². The number of Topliss-reactive ketones (excluding diaryl/α,β-unsaturated/α-hetero) is 1. The molecule has 0 saturated carbocycles. The molecule has 2 heterocycles. The Kier molecular flexibility index (Phi) is 6.32. The smallest absolute Gasteiger partial charge is 0.229 e. The van der Waals surface area contributed by atoms with Crippen molar-refractivity contribution in [1.29, 1.82) is 0 Å². The van der Waals surface area contributed by atoms with E-state index >= 15 is 0 Å². The Bertz CT molecular complexity index is 1110. The van der Waals surface area contributed by atoms with Gasteiger partial charge in [-0.2, -0.15) is 0 Å². The Morgan fingerprint density at radius 2 is 1.74 bits per heavy atom. The number of hydrogen-bond donors (Lipinski definition) is 7. The van der Waals surface area contributed by atoms with Gasteiger partial charge in [-0.15, -0.1) is 0 Å². The monoisotopic (exact) mass is 478 g/mol. The number of fused-ring (bicyclic) bond motifs is 1. The van der Waals surface area contributed by atoms with E-state index in [2.05, 4.69) is 0 Å². The van der Waals surface area contributed by atoms with Gasteiger partial charge in [0.15, 0.2) is 5.78 Å². The summed E-state index contributed by atoms with van der Waals surface area (Å²) >= 11 is 0. The van der Waals surface area contributed by atoms with Crippen molar-refractivity contribution in [3.63, 3.8) is 0 Å². The molecule has 1 saturated heterocycles. The van der Waals surface area contributed by atoms with Gasteiger partial charge >= 0.3 is 0 Å². The number of carbonyl (C=O) groups excluding carboxylic acids is 1. The Balaban J connectivity index is 1.73. The molecule has 4 rings (SSSR count). The first kappa shape index (κ1) is 24.0. The standard InChI is InChI=1S/C23H26O11/c1-8-17(28)16-13(27)6-14(11-5-10(25)3-4-12(11)26)32-22(16)9(2)21(8)34-23-20(31)19(30)18(29)15(7-24)33-23/h3-5,14-15,18-20,23-26,28-31H,6-7H2,1-2H3/t14-,15+,18+,19-,20+,23-/m0/s1. The molecular formula is C23H26O11. The lowest BCUT2D eigenvalue weighted by Crippen LogP contribution is -2.60. The molecule has 34 heavy (non-hydrogen) atoms. The maximum atomic E-state index is 12.9. The maximum Gasteiger partial charge on any atom is 0.229 e. The molecule has 0 bridgehead atoms. The van der Waals surface area contributed by atoms with Crippen LogP contribution in [0.2, 0.25) is 0 Å². The molecule has 0 aliphatic carbocycles. The van der Waals surface area contributed by atoms with Crippen LogP contribution in [0.5, 0.6) is 28.7 Å². The van der Waals surface area contributed by atoms with E-state index in [1.165, 1.54) is 25.1 Å². The average Bonchev–Trinajstić information content (AvgIpc) is 2.81. The van der Waals surface area contributed by atoms with Crippen molar-refractivity contribution < 1.29 is 54.8 Å². The summed E-state index contributed by atoms with van der Waals surface area (Å²) in [5.74, 6) is -1.22. The molecule has 0 aromatic heterocycles. The van der Waals surface area contributed by atoms with Gasteiger partial charge in [-0.1, -0.05) is 0 Å². The van der Waals surface area contributed by atoms with Crippen LogP contribution in [-0.2, 0) is 4.74 Å². The zero-order valence-corrected chi connectivity index (χ0v) is 18.4. The van der Waals surface area contributed by atoms with Gasteiger partial charge in [0.25, 0.3) is 0 Å². The molecule has 0 amide bonds. The Hall–Kier alpha value is -3.09. The predicted molar refractivity (Wildman–Crippen MR) is 114 cm³/mol. The van der Waals surface area contributed by atoms with Crippen LogP contribution in [-0.4, -0.2) is 78.8 Å². The summed E-state index contributed by atoms with van der Waals surface area (Å²) < 4.78 is 17.1. The van der Waals surface area contributed by atoms with Gasteiger partial charge in [-0.25, -0.2) is 0 Å². The highest BCUT2D eigenvalue weighted by atomic mass is 16.7. The summed E-state index contributed by atoms with van der Waals surface area (Å²) in [4.78, 5) is 12.9. The third kappa shape index (κ3) is 3.91. The van der Waals surface area contributed by atoms with Gasteiger partial charge in [0.1, 0.15) is 64.8 Å². The summed E-state index contributed by atoms with van der Waals surface area (Å²) in [7, 11) is 0. The minimum Gasteiger partial charge on any atom is -0.508 e. The minimum atomic E-state index is -1.69. The number of aromatic hydroxyl groups is 3. The normalized spacial score (nSPS) is 28.8. The molecule has 11 heteroatoms. The van der Waals surface area contributed by atoms with Crippen LogP contribution in [0.1, 0.15) is 39.6 Å². The lowest BCUT2D eigenvalue weighted by atomic mass is 9.91. The molecule has 2 aromatic carbocycles. The van der Waals surface area contributed by atoms with E-state index in [1.807, 2.05) is 0 Å². The molecule has 6 atom stereocenters. The fourth-order valence-corrected chi connectivity index (χ4v) is 4.27.